The topological polar surface area (TPSA) is 45.5 Å². The fourth-order valence-electron chi connectivity index (χ4n) is 3.98. The molecule has 2 aliphatic heterocycles. The van der Waals surface area contributed by atoms with Crippen LogP contribution in [0.4, 0.5) is 0 Å². The minimum absolute atomic E-state index is 0. The number of benzene rings is 1. The second kappa shape index (κ2) is 6.63. The van der Waals surface area contributed by atoms with Crippen molar-refractivity contribution < 1.29 is 4.42 Å². The van der Waals surface area contributed by atoms with Crippen LogP contribution < -0.4 is 10.9 Å². The number of nitrogens with zero attached hydrogens (tertiary/aromatic N) is 1. The van der Waals surface area contributed by atoms with Crippen LogP contribution in [0.1, 0.15) is 24.0 Å². The molecule has 4 rings (SSSR count). The zero-order valence-corrected chi connectivity index (χ0v) is 14.2. The average molecular weight is 335 g/mol. The van der Waals surface area contributed by atoms with Gasteiger partial charge in [-0.1, -0.05) is 12.1 Å². The largest absolute Gasteiger partial charge is 0.423 e. The molecule has 0 radical (unpaired) electrons. The van der Waals surface area contributed by atoms with E-state index in [1.165, 1.54) is 12.8 Å². The fourth-order valence-corrected chi connectivity index (χ4v) is 3.98. The molecule has 1 N–H and O–H groups in total. The Balaban J connectivity index is 0.00000156. The van der Waals surface area contributed by atoms with Crippen molar-refractivity contribution in [3.05, 3.63) is 45.8 Å². The molecule has 3 heterocycles. The Kier molecular flexibility index (Phi) is 4.76. The molecule has 0 saturated carbocycles. The summed E-state index contributed by atoms with van der Waals surface area (Å²) >= 11 is 0. The predicted octanol–water partition coefficient (Wildman–Crippen LogP) is 2.71. The van der Waals surface area contributed by atoms with Gasteiger partial charge in [0.05, 0.1) is 0 Å². The van der Waals surface area contributed by atoms with E-state index in [1.807, 2.05) is 13.0 Å². The van der Waals surface area contributed by atoms with Crippen LogP contribution in [0.15, 0.2) is 33.5 Å². The molecule has 124 valence electrons. The SMILES string of the molecule is Cc1ccc2c(CN3CCC4NCCC4C3)cc(=O)oc2c1.Cl. The molecule has 0 spiro atoms. The van der Waals surface area contributed by atoms with Crippen LogP contribution in [-0.4, -0.2) is 30.6 Å². The van der Waals surface area contributed by atoms with E-state index in [9.17, 15) is 4.79 Å². The Morgan fingerprint density at radius 3 is 3.04 bits per heavy atom. The number of hydrogen-bond acceptors (Lipinski definition) is 4. The molecule has 0 bridgehead atoms. The van der Waals surface area contributed by atoms with Gasteiger partial charge in [-0.15, -0.1) is 12.4 Å². The summed E-state index contributed by atoms with van der Waals surface area (Å²) in [6.07, 6.45) is 2.49. The second-order valence-electron chi connectivity index (χ2n) is 6.72. The van der Waals surface area contributed by atoms with Crippen LogP contribution in [-0.2, 0) is 6.54 Å². The maximum absolute atomic E-state index is 11.8. The number of hydrogen-bond donors (Lipinski definition) is 1. The molecular formula is C18H23ClN2O2. The summed E-state index contributed by atoms with van der Waals surface area (Å²) < 4.78 is 5.36. The van der Waals surface area contributed by atoms with Crippen molar-refractivity contribution in [3.63, 3.8) is 0 Å². The van der Waals surface area contributed by atoms with E-state index in [4.69, 9.17) is 4.42 Å². The van der Waals surface area contributed by atoms with E-state index in [2.05, 4.69) is 22.3 Å². The van der Waals surface area contributed by atoms with E-state index in [-0.39, 0.29) is 18.0 Å². The Morgan fingerprint density at radius 2 is 2.17 bits per heavy atom. The summed E-state index contributed by atoms with van der Waals surface area (Å²) in [7, 11) is 0. The van der Waals surface area contributed by atoms with Gasteiger partial charge in [-0.25, -0.2) is 4.79 Å². The van der Waals surface area contributed by atoms with Gasteiger partial charge in [0.2, 0.25) is 0 Å². The highest BCUT2D eigenvalue weighted by atomic mass is 35.5. The third-order valence-electron chi connectivity index (χ3n) is 5.12. The number of rotatable bonds is 2. The third kappa shape index (κ3) is 3.30. The Labute approximate surface area is 142 Å². The Morgan fingerprint density at radius 1 is 1.30 bits per heavy atom. The van der Waals surface area contributed by atoms with Gasteiger partial charge >= 0.3 is 5.63 Å². The first-order chi connectivity index (χ1) is 10.7. The summed E-state index contributed by atoms with van der Waals surface area (Å²) in [5.74, 6) is 0.766. The molecule has 2 aliphatic rings. The molecule has 2 aromatic rings. The van der Waals surface area contributed by atoms with Crippen molar-refractivity contribution in [1.82, 2.24) is 10.2 Å². The number of piperidine rings is 1. The van der Waals surface area contributed by atoms with Gasteiger partial charge in [-0.2, -0.15) is 0 Å². The molecular weight excluding hydrogens is 312 g/mol. The lowest BCUT2D eigenvalue weighted by atomic mass is 9.93. The standard InChI is InChI=1S/C18H22N2O2.ClH/c1-12-2-3-15-14(9-18(21)22-17(15)8-12)11-20-7-5-16-13(10-20)4-6-19-16;/h2-3,8-9,13,16,19H,4-7,10-11H2,1H3;1H. The summed E-state index contributed by atoms with van der Waals surface area (Å²) in [6, 6.07) is 8.48. The minimum atomic E-state index is -0.245. The number of halogens is 1. The van der Waals surface area contributed by atoms with Crippen LogP contribution in [0.25, 0.3) is 11.0 Å². The third-order valence-corrected chi connectivity index (χ3v) is 5.12. The lowest BCUT2D eigenvalue weighted by molar-refractivity contribution is 0.156. The zero-order valence-electron chi connectivity index (χ0n) is 13.4. The van der Waals surface area contributed by atoms with Crippen LogP contribution in [0.2, 0.25) is 0 Å². The summed E-state index contributed by atoms with van der Waals surface area (Å²) in [4.78, 5) is 14.3. The maximum Gasteiger partial charge on any atom is 0.336 e. The Hall–Kier alpha value is -1.36. The lowest BCUT2D eigenvalue weighted by Gasteiger charge is -2.34. The normalized spacial score (nSPS) is 24.4. The molecule has 5 heteroatoms. The summed E-state index contributed by atoms with van der Waals surface area (Å²) in [5.41, 5.74) is 2.67. The zero-order chi connectivity index (χ0) is 15.1. The van der Waals surface area contributed by atoms with Crippen molar-refractivity contribution in [3.8, 4) is 0 Å². The van der Waals surface area contributed by atoms with Gasteiger partial charge in [0.1, 0.15) is 5.58 Å². The van der Waals surface area contributed by atoms with Crippen LogP contribution in [0, 0.1) is 12.8 Å². The van der Waals surface area contributed by atoms with Crippen LogP contribution in [0.3, 0.4) is 0 Å². The van der Waals surface area contributed by atoms with E-state index < -0.39 is 0 Å². The van der Waals surface area contributed by atoms with Crippen molar-refractivity contribution in [2.75, 3.05) is 19.6 Å². The molecule has 2 atom stereocenters. The highest BCUT2D eigenvalue weighted by Crippen LogP contribution is 2.27. The van der Waals surface area contributed by atoms with E-state index in [1.54, 1.807) is 6.07 Å². The van der Waals surface area contributed by atoms with Gasteiger partial charge < -0.3 is 9.73 Å². The van der Waals surface area contributed by atoms with E-state index in [0.717, 1.165) is 48.6 Å². The van der Waals surface area contributed by atoms with Crippen LogP contribution in [0.5, 0.6) is 0 Å². The number of nitrogens with one attached hydrogen (secondary N) is 1. The monoisotopic (exact) mass is 334 g/mol. The molecule has 2 fully saturated rings. The molecule has 1 aromatic heterocycles. The summed E-state index contributed by atoms with van der Waals surface area (Å²) in [5, 5.41) is 4.66. The molecule has 4 nitrogen and oxygen atoms in total. The molecule has 2 unspecified atom stereocenters. The van der Waals surface area contributed by atoms with Gasteiger partial charge in [-0.05, 0) is 56.0 Å². The van der Waals surface area contributed by atoms with Crippen molar-refractivity contribution >= 4 is 23.4 Å². The first-order valence-corrected chi connectivity index (χ1v) is 8.18. The predicted molar refractivity (Wildman–Crippen MR) is 94.3 cm³/mol. The smallest absolute Gasteiger partial charge is 0.336 e. The van der Waals surface area contributed by atoms with Gasteiger partial charge in [-0.3, -0.25) is 4.90 Å². The van der Waals surface area contributed by atoms with Gasteiger partial charge in [0.15, 0.2) is 0 Å². The molecule has 1 aromatic carbocycles. The molecule has 2 saturated heterocycles. The second-order valence-corrected chi connectivity index (χ2v) is 6.72. The van der Waals surface area contributed by atoms with Crippen LogP contribution >= 0.6 is 12.4 Å². The van der Waals surface area contributed by atoms with E-state index in [0.29, 0.717) is 11.6 Å². The van der Waals surface area contributed by atoms with Gasteiger partial charge in [0, 0.05) is 30.6 Å². The minimum Gasteiger partial charge on any atom is -0.423 e. The fraction of sp³-hybridized carbons (Fsp3) is 0.500. The number of fused-ring (bicyclic) bond motifs is 2. The summed E-state index contributed by atoms with van der Waals surface area (Å²) in [6.45, 7) is 6.24. The highest BCUT2D eigenvalue weighted by Gasteiger charge is 2.32. The number of aryl methyl sites for hydroxylation is 1. The van der Waals surface area contributed by atoms with Crippen molar-refractivity contribution in [2.45, 2.75) is 32.4 Å². The van der Waals surface area contributed by atoms with Crippen molar-refractivity contribution in [1.29, 1.82) is 0 Å². The maximum atomic E-state index is 11.8. The van der Waals surface area contributed by atoms with Gasteiger partial charge in [0.25, 0.3) is 0 Å². The van der Waals surface area contributed by atoms with E-state index >= 15 is 0 Å². The van der Waals surface area contributed by atoms with Crippen molar-refractivity contribution in [2.24, 2.45) is 5.92 Å². The Bertz CT molecular complexity index is 758. The lowest BCUT2D eigenvalue weighted by Crippen LogP contribution is -2.44. The average Bonchev–Trinajstić information content (AvgIpc) is 2.94. The first-order valence-electron chi connectivity index (χ1n) is 8.18. The highest BCUT2D eigenvalue weighted by molar-refractivity contribution is 5.85. The molecule has 0 aliphatic carbocycles. The quantitative estimate of drug-likeness (QED) is 0.858. The first kappa shape index (κ1) is 16.5. The molecule has 23 heavy (non-hydrogen) atoms. The number of likely N-dealkylation sites (tertiary alicyclic amines) is 1. The molecule has 0 amide bonds.